The van der Waals surface area contributed by atoms with E-state index in [2.05, 4.69) is 5.32 Å². The maximum absolute atomic E-state index is 13.5. The minimum Gasteiger partial charge on any atom is -0.507 e. The van der Waals surface area contributed by atoms with Crippen LogP contribution in [0.1, 0.15) is 55.5 Å². The van der Waals surface area contributed by atoms with Gasteiger partial charge in [0.1, 0.15) is 23.4 Å². The van der Waals surface area contributed by atoms with Crippen molar-refractivity contribution in [3.8, 4) is 17.2 Å². The Balaban J connectivity index is 1.68. The number of hydrogen-bond acceptors (Lipinski definition) is 8. The van der Waals surface area contributed by atoms with Gasteiger partial charge in [-0.05, 0) is 43.5 Å². The molecule has 0 aromatic heterocycles. The molecular weight excluding hydrogens is 426 g/mol. The topological polar surface area (TPSA) is 129 Å². The largest absolute Gasteiger partial charge is 0.507 e. The van der Waals surface area contributed by atoms with Crippen LogP contribution in [0.4, 0.5) is 0 Å². The molecule has 0 amide bonds. The molecule has 0 radical (unpaired) electrons. The number of hydrogen-bond donors (Lipinski definition) is 4. The van der Waals surface area contributed by atoms with E-state index in [1.165, 1.54) is 24.3 Å². The van der Waals surface area contributed by atoms with Crippen LogP contribution < -0.4 is 5.32 Å². The summed E-state index contributed by atoms with van der Waals surface area (Å²) in [5.74, 6) is -2.13. The average molecular weight is 447 g/mol. The number of phenolic OH excluding ortho intramolecular Hbond substituents is 3. The van der Waals surface area contributed by atoms with Gasteiger partial charge in [-0.2, -0.15) is 0 Å². The average Bonchev–Trinajstić information content (AvgIpc) is 3.55. The van der Waals surface area contributed by atoms with Crippen molar-refractivity contribution in [2.24, 2.45) is 0 Å². The molecule has 4 unspecified atom stereocenters. The standard InChI is InChI=1S/C25H21NO7/c1-9-6-11-16(14(28)7-9)19-20(22(30)17-10(21(19)29)4-3-5-13(17)27)23(31)18(11)15-8-12(26-2)24-25(32-15)33-24/h3-7,12,15,24-28,31H,8H2,1-2H3. The number of benzene rings is 3. The maximum Gasteiger partial charge on any atom is 0.202 e. The summed E-state index contributed by atoms with van der Waals surface area (Å²) in [4.78, 5) is 27.0. The SMILES string of the molecule is CNC1CC(c2c(O)c3c(c4c(O)cc(C)cc24)C(=O)c2cccc(O)c2C3=O)OC2OC12. The van der Waals surface area contributed by atoms with Crippen LogP contribution >= 0.6 is 0 Å². The van der Waals surface area contributed by atoms with Gasteiger partial charge in [0, 0.05) is 28.1 Å². The molecule has 3 aromatic rings. The monoisotopic (exact) mass is 447 g/mol. The highest BCUT2D eigenvalue weighted by Gasteiger charge is 2.53. The lowest BCUT2D eigenvalue weighted by Gasteiger charge is -2.30. The highest BCUT2D eigenvalue weighted by Crippen LogP contribution is 2.51. The van der Waals surface area contributed by atoms with E-state index in [-0.39, 0.29) is 57.0 Å². The molecule has 6 rings (SSSR count). The first-order valence-corrected chi connectivity index (χ1v) is 10.7. The van der Waals surface area contributed by atoms with Gasteiger partial charge in [0.2, 0.25) is 5.78 Å². The molecule has 2 aliphatic heterocycles. The zero-order valence-electron chi connectivity index (χ0n) is 17.9. The smallest absolute Gasteiger partial charge is 0.202 e. The molecule has 4 atom stereocenters. The molecular formula is C25H21NO7. The summed E-state index contributed by atoms with van der Waals surface area (Å²) in [7, 11) is 1.81. The summed E-state index contributed by atoms with van der Waals surface area (Å²) >= 11 is 0. The van der Waals surface area contributed by atoms with Gasteiger partial charge in [-0.1, -0.05) is 18.2 Å². The third-order valence-electron chi connectivity index (χ3n) is 6.85. The number of aryl methyl sites for hydroxylation is 1. The van der Waals surface area contributed by atoms with Crippen LogP contribution in [0, 0.1) is 6.92 Å². The van der Waals surface area contributed by atoms with Gasteiger partial charge in [0.25, 0.3) is 0 Å². The number of likely N-dealkylation sites (N-methyl/N-ethyl adjacent to an activating group) is 1. The number of ether oxygens (including phenoxy) is 2. The number of rotatable bonds is 2. The van der Waals surface area contributed by atoms with Crippen LogP contribution in [-0.2, 0) is 9.47 Å². The van der Waals surface area contributed by atoms with Crippen LogP contribution in [-0.4, -0.2) is 52.4 Å². The van der Waals surface area contributed by atoms with Crippen LogP contribution in [0.5, 0.6) is 17.2 Å². The fraction of sp³-hybridized carbons (Fsp3) is 0.280. The first-order chi connectivity index (χ1) is 15.8. The fourth-order valence-electron chi connectivity index (χ4n) is 5.30. The normalized spacial score (nSPS) is 25.5. The Labute approximate surface area is 188 Å². The van der Waals surface area contributed by atoms with E-state index < -0.39 is 24.0 Å². The number of aromatic hydroxyl groups is 3. The van der Waals surface area contributed by atoms with Gasteiger partial charge in [-0.15, -0.1) is 0 Å². The lowest BCUT2D eigenvalue weighted by atomic mass is 9.77. The van der Waals surface area contributed by atoms with Gasteiger partial charge in [-0.3, -0.25) is 9.59 Å². The molecule has 8 heteroatoms. The van der Waals surface area contributed by atoms with E-state index in [1.807, 2.05) is 7.05 Å². The van der Waals surface area contributed by atoms with E-state index >= 15 is 0 Å². The van der Waals surface area contributed by atoms with E-state index in [1.54, 1.807) is 13.0 Å². The lowest BCUT2D eigenvalue weighted by molar-refractivity contribution is -0.0279. The third-order valence-corrected chi connectivity index (χ3v) is 6.85. The summed E-state index contributed by atoms with van der Waals surface area (Å²) in [6, 6.07) is 7.49. The Kier molecular flexibility index (Phi) is 4.14. The number of fused-ring (bicyclic) bond motifs is 5. The second kappa shape index (κ2) is 6.77. The highest BCUT2D eigenvalue weighted by molar-refractivity contribution is 6.34. The van der Waals surface area contributed by atoms with Gasteiger partial charge < -0.3 is 30.1 Å². The number of phenols is 3. The Morgan fingerprint density at radius 2 is 1.76 bits per heavy atom. The van der Waals surface area contributed by atoms with Gasteiger partial charge in [-0.25, -0.2) is 0 Å². The quantitative estimate of drug-likeness (QED) is 0.345. The molecule has 8 nitrogen and oxygen atoms in total. The summed E-state index contributed by atoms with van der Waals surface area (Å²) in [5.41, 5.74) is 0.587. The first kappa shape index (κ1) is 20.2. The lowest BCUT2D eigenvalue weighted by Crippen LogP contribution is -2.38. The van der Waals surface area contributed by atoms with Crippen LogP contribution in [0.3, 0.4) is 0 Å². The van der Waals surface area contributed by atoms with Crippen molar-refractivity contribution in [2.45, 2.75) is 37.9 Å². The van der Waals surface area contributed by atoms with Crippen LogP contribution in [0.25, 0.3) is 10.8 Å². The van der Waals surface area contributed by atoms with E-state index in [0.29, 0.717) is 17.4 Å². The van der Waals surface area contributed by atoms with E-state index in [9.17, 15) is 24.9 Å². The van der Waals surface area contributed by atoms with Crippen LogP contribution in [0.15, 0.2) is 30.3 Å². The molecule has 168 valence electrons. The molecule has 4 N–H and O–H groups in total. The van der Waals surface area contributed by atoms with Crippen molar-refractivity contribution in [1.82, 2.24) is 5.32 Å². The van der Waals surface area contributed by atoms with Crippen molar-refractivity contribution < 1.29 is 34.4 Å². The second-order valence-electron chi connectivity index (χ2n) is 8.80. The van der Waals surface area contributed by atoms with Crippen LogP contribution in [0.2, 0.25) is 0 Å². The van der Waals surface area contributed by atoms with Crippen molar-refractivity contribution >= 4 is 22.3 Å². The van der Waals surface area contributed by atoms with Crippen molar-refractivity contribution in [1.29, 1.82) is 0 Å². The van der Waals surface area contributed by atoms with Gasteiger partial charge >= 0.3 is 0 Å². The third kappa shape index (κ3) is 2.68. The predicted molar refractivity (Wildman–Crippen MR) is 117 cm³/mol. The minimum absolute atomic E-state index is 0.0271. The first-order valence-electron chi connectivity index (χ1n) is 10.7. The fourth-order valence-corrected chi connectivity index (χ4v) is 5.30. The number of nitrogens with one attached hydrogen (secondary N) is 1. The molecule has 1 aliphatic carbocycles. The summed E-state index contributed by atoms with van der Waals surface area (Å²) in [5, 5.41) is 36.5. The number of carbonyl (C=O) groups is 2. The number of epoxide rings is 1. The predicted octanol–water partition coefficient (Wildman–Crippen LogP) is 2.81. The molecule has 3 aromatic carbocycles. The zero-order valence-corrected chi connectivity index (χ0v) is 17.9. The Morgan fingerprint density at radius 3 is 2.52 bits per heavy atom. The Morgan fingerprint density at radius 1 is 0.970 bits per heavy atom. The molecule has 3 aliphatic rings. The number of carbonyl (C=O) groups excluding carboxylic acids is 2. The van der Waals surface area contributed by atoms with E-state index in [0.717, 1.165) is 5.56 Å². The summed E-state index contributed by atoms with van der Waals surface area (Å²) < 4.78 is 11.6. The van der Waals surface area contributed by atoms with Crippen molar-refractivity contribution in [3.05, 3.63) is 63.7 Å². The number of ketones is 2. The molecule has 0 saturated carbocycles. The Bertz CT molecular complexity index is 1400. The van der Waals surface area contributed by atoms with Crippen molar-refractivity contribution in [2.75, 3.05) is 7.05 Å². The minimum atomic E-state index is -0.681. The molecule has 0 bridgehead atoms. The maximum atomic E-state index is 13.5. The molecule has 33 heavy (non-hydrogen) atoms. The van der Waals surface area contributed by atoms with Gasteiger partial charge in [0.05, 0.1) is 17.2 Å². The summed E-state index contributed by atoms with van der Waals surface area (Å²) in [6.07, 6.45) is -0.710. The second-order valence-corrected chi connectivity index (χ2v) is 8.80. The highest BCUT2D eigenvalue weighted by atomic mass is 16.8. The van der Waals surface area contributed by atoms with E-state index in [4.69, 9.17) is 9.47 Å². The van der Waals surface area contributed by atoms with Gasteiger partial charge in [0.15, 0.2) is 12.1 Å². The molecule has 2 saturated heterocycles. The molecule has 0 spiro atoms. The molecule has 2 heterocycles. The zero-order chi connectivity index (χ0) is 23.2. The van der Waals surface area contributed by atoms with Crippen molar-refractivity contribution in [3.63, 3.8) is 0 Å². The molecule has 2 fully saturated rings. The Hall–Kier alpha value is -3.46. The summed E-state index contributed by atoms with van der Waals surface area (Å²) in [6.45, 7) is 1.79.